The number of nitrogens with zero attached hydrogens (tertiary/aromatic N) is 3. The molecule has 2 aliphatic heterocycles. The van der Waals surface area contributed by atoms with E-state index in [1.807, 2.05) is 18.2 Å². The van der Waals surface area contributed by atoms with E-state index in [4.69, 9.17) is 0 Å². The van der Waals surface area contributed by atoms with Gasteiger partial charge < -0.3 is 15.1 Å². The second kappa shape index (κ2) is 8.85. The van der Waals surface area contributed by atoms with Crippen LogP contribution < -0.4 is 15.1 Å². The molecule has 5 heteroatoms. The average Bonchev–Trinajstić information content (AvgIpc) is 2.75. The number of carbonyl (C=O) groups is 1. The summed E-state index contributed by atoms with van der Waals surface area (Å²) in [6, 6.07) is 11.9. The molecule has 2 fully saturated rings. The summed E-state index contributed by atoms with van der Waals surface area (Å²) in [4.78, 5) is 22.0. The lowest BCUT2D eigenvalue weighted by Gasteiger charge is -2.32. The summed E-state index contributed by atoms with van der Waals surface area (Å²) in [5.74, 6) is 2.31. The van der Waals surface area contributed by atoms with E-state index in [1.165, 1.54) is 31.4 Å². The number of rotatable bonds is 4. The molecule has 1 atom stereocenters. The lowest BCUT2D eigenvalue weighted by atomic mass is 9.99. The average molecular weight is 393 g/mol. The number of pyridine rings is 1. The minimum atomic E-state index is -0.0849. The highest BCUT2D eigenvalue weighted by Crippen LogP contribution is 2.25. The van der Waals surface area contributed by atoms with Gasteiger partial charge in [-0.3, -0.25) is 4.79 Å². The zero-order chi connectivity index (χ0) is 20.2. The van der Waals surface area contributed by atoms with E-state index in [1.54, 1.807) is 12.3 Å². The summed E-state index contributed by atoms with van der Waals surface area (Å²) < 4.78 is 0. The zero-order valence-electron chi connectivity index (χ0n) is 17.6. The molecule has 0 bridgehead atoms. The van der Waals surface area contributed by atoms with Gasteiger partial charge in [0, 0.05) is 49.3 Å². The third kappa shape index (κ3) is 4.89. The maximum absolute atomic E-state index is 12.8. The van der Waals surface area contributed by atoms with Crippen molar-refractivity contribution in [1.82, 2.24) is 4.98 Å². The molecular formula is C24H32N4O. The minimum absolute atomic E-state index is 0.0849. The van der Waals surface area contributed by atoms with E-state index in [2.05, 4.69) is 46.1 Å². The predicted molar refractivity (Wildman–Crippen MR) is 120 cm³/mol. The SMILES string of the molecule is CC1CCN(c2ccc(NC(=O)c3ccnc(N4CCCC(C)C4)c3)cc2)CC1. The monoisotopic (exact) mass is 392 g/mol. The van der Waals surface area contributed by atoms with Crippen molar-refractivity contribution in [3.8, 4) is 0 Å². The molecule has 2 saturated heterocycles. The van der Waals surface area contributed by atoms with E-state index < -0.39 is 0 Å². The van der Waals surface area contributed by atoms with E-state index in [0.29, 0.717) is 11.5 Å². The number of benzene rings is 1. The largest absolute Gasteiger partial charge is 0.372 e. The van der Waals surface area contributed by atoms with Gasteiger partial charge in [-0.15, -0.1) is 0 Å². The molecule has 2 aliphatic rings. The predicted octanol–water partition coefficient (Wildman–Crippen LogP) is 4.81. The number of anilines is 3. The van der Waals surface area contributed by atoms with Gasteiger partial charge in [0.05, 0.1) is 0 Å². The van der Waals surface area contributed by atoms with Crippen molar-refractivity contribution in [2.45, 2.75) is 39.5 Å². The summed E-state index contributed by atoms with van der Waals surface area (Å²) in [5, 5.41) is 3.03. The van der Waals surface area contributed by atoms with Crippen LogP contribution in [0.25, 0.3) is 0 Å². The van der Waals surface area contributed by atoms with Gasteiger partial charge in [-0.05, 0) is 73.9 Å². The van der Waals surface area contributed by atoms with Gasteiger partial charge in [-0.25, -0.2) is 4.98 Å². The highest BCUT2D eigenvalue weighted by molar-refractivity contribution is 6.04. The molecule has 3 heterocycles. The maximum Gasteiger partial charge on any atom is 0.255 e. The Labute approximate surface area is 174 Å². The molecule has 1 amide bonds. The van der Waals surface area contributed by atoms with Crippen LogP contribution in [0.1, 0.15) is 49.9 Å². The van der Waals surface area contributed by atoms with Gasteiger partial charge >= 0.3 is 0 Å². The molecule has 1 aromatic heterocycles. The van der Waals surface area contributed by atoms with E-state index >= 15 is 0 Å². The summed E-state index contributed by atoms with van der Waals surface area (Å²) in [7, 11) is 0. The first-order chi connectivity index (χ1) is 14.1. The second-order valence-electron chi connectivity index (χ2n) is 8.77. The third-order valence-corrected chi connectivity index (χ3v) is 6.26. The number of aromatic nitrogens is 1. The van der Waals surface area contributed by atoms with Gasteiger partial charge in [0.1, 0.15) is 5.82 Å². The molecule has 0 saturated carbocycles. The van der Waals surface area contributed by atoms with Crippen molar-refractivity contribution in [3.63, 3.8) is 0 Å². The van der Waals surface area contributed by atoms with Gasteiger partial charge in [-0.1, -0.05) is 13.8 Å². The Morgan fingerprint density at radius 2 is 1.72 bits per heavy atom. The maximum atomic E-state index is 12.8. The Morgan fingerprint density at radius 1 is 0.966 bits per heavy atom. The molecule has 4 rings (SSSR count). The van der Waals surface area contributed by atoms with Crippen molar-refractivity contribution < 1.29 is 4.79 Å². The van der Waals surface area contributed by atoms with Gasteiger partial charge in [-0.2, -0.15) is 0 Å². The molecule has 1 unspecified atom stereocenters. The van der Waals surface area contributed by atoms with Gasteiger partial charge in [0.2, 0.25) is 0 Å². The number of nitrogens with one attached hydrogen (secondary N) is 1. The van der Waals surface area contributed by atoms with E-state index in [0.717, 1.165) is 43.6 Å². The molecule has 5 nitrogen and oxygen atoms in total. The summed E-state index contributed by atoms with van der Waals surface area (Å²) in [5.41, 5.74) is 2.72. The zero-order valence-corrected chi connectivity index (χ0v) is 17.6. The third-order valence-electron chi connectivity index (χ3n) is 6.26. The number of carbonyl (C=O) groups excluding carboxylic acids is 1. The van der Waals surface area contributed by atoms with Crippen LogP contribution in [0.5, 0.6) is 0 Å². The second-order valence-corrected chi connectivity index (χ2v) is 8.77. The van der Waals surface area contributed by atoms with Crippen LogP contribution in [-0.2, 0) is 0 Å². The normalized spacial score (nSPS) is 20.6. The highest BCUT2D eigenvalue weighted by Gasteiger charge is 2.19. The molecule has 2 aromatic rings. The molecule has 154 valence electrons. The first kappa shape index (κ1) is 19.7. The molecule has 1 N–H and O–H groups in total. The number of hydrogen-bond acceptors (Lipinski definition) is 4. The standard InChI is InChI=1S/C24H32N4O/c1-18-10-14-27(15-11-18)22-7-5-21(6-8-22)26-24(29)20-9-12-25-23(16-20)28-13-3-4-19(2)17-28/h5-9,12,16,18-19H,3-4,10-11,13-15,17H2,1-2H3,(H,26,29). The molecule has 0 spiro atoms. The Bertz CT molecular complexity index is 827. The van der Waals surface area contributed by atoms with Crippen LogP contribution in [0.4, 0.5) is 17.2 Å². The Hall–Kier alpha value is -2.56. The quantitative estimate of drug-likeness (QED) is 0.811. The molecule has 0 radical (unpaired) electrons. The Kier molecular flexibility index (Phi) is 6.02. The van der Waals surface area contributed by atoms with Crippen molar-refractivity contribution in [2.24, 2.45) is 11.8 Å². The molecular weight excluding hydrogens is 360 g/mol. The van der Waals surface area contributed by atoms with Crippen LogP contribution in [0.3, 0.4) is 0 Å². The van der Waals surface area contributed by atoms with Crippen LogP contribution >= 0.6 is 0 Å². The summed E-state index contributed by atoms with van der Waals surface area (Å²) in [6.07, 6.45) is 6.69. The first-order valence-corrected chi connectivity index (χ1v) is 11.0. The Balaban J connectivity index is 1.39. The molecule has 1 aromatic carbocycles. The fourth-order valence-corrected chi connectivity index (χ4v) is 4.36. The number of amides is 1. The topological polar surface area (TPSA) is 48.5 Å². The van der Waals surface area contributed by atoms with Crippen molar-refractivity contribution in [2.75, 3.05) is 41.3 Å². The van der Waals surface area contributed by atoms with Gasteiger partial charge in [0.25, 0.3) is 5.91 Å². The number of piperidine rings is 2. The minimum Gasteiger partial charge on any atom is -0.372 e. The fraction of sp³-hybridized carbons (Fsp3) is 0.500. The lowest BCUT2D eigenvalue weighted by Crippen LogP contribution is -2.34. The van der Waals surface area contributed by atoms with Crippen molar-refractivity contribution >= 4 is 23.1 Å². The first-order valence-electron chi connectivity index (χ1n) is 11.0. The van der Waals surface area contributed by atoms with Crippen molar-refractivity contribution in [1.29, 1.82) is 0 Å². The van der Waals surface area contributed by atoms with Crippen LogP contribution in [0.2, 0.25) is 0 Å². The van der Waals surface area contributed by atoms with Crippen LogP contribution in [-0.4, -0.2) is 37.1 Å². The number of hydrogen-bond donors (Lipinski definition) is 1. The summed E-state index contributed by atoms with van der Waals surface area (Å²) >= 11 is 0. The van der Waals surface area contributed by atoms with Crippen LogP contribution in [0, 0.1) is 11.8 Å². The van der Waals surface area contributed by atoms with Gasteiger partial charge in [0.15, 0.2) is 0 Å². The lowest BCUT2D eigenvalue weighted by molar-refractivity contribution is 0.102. The summed E-state index contributed by atoms with van der Waals surface area (Å²) in [6.45, 7) is 8.85. The Morgan fingerprint density at radius 3 is 2.45 bits per heavy atom. The fourth-order valence-electron chi connectivity index (χ4n) is 4.36. The van der Waals surface area contributed by atoms with E-state index in [-0.39, 0.29) is 5.91 Å². The van der Waals surface area contributed by atoms with E-state index in [9.17, 15) is 4.79 Å². The highest BCUT2D eigenvalue weighted by atomic mass is 16.1. The van der Waals surface area contributed by atoms with Crippen LogP contribution in [0.15, 0.2) is 42.6 Å². The van der Waals surface area contributed by atoms with Crippen molar-refractivity contribution in [3.05, 3.63) is 48.2 Å². The smallest absolute Gasteiger partial charge is 0.255 e. The molecule has 0 aliphatic carbocycles. The molecule has 29 heavy (non-hydrogen) atoms.